The third kappa shape index (κ3) is 4.87. The first-order valence-electron chi connectivity index (χ1n) is 8.33. The molecule has 8 heteroatoms. The highest BCUT2D eigenvalue weighted by Crippen LogP contribution is 2.34. The van der Waals surface area contributed by atoms with Gasteiger partial charge in [0.15, 0.2) is 0 Å². The molecule has 0 aliphatic rings. The number of hydrogen-bond acceptors (Lipinski definition) is 5. The normalized spacial score (nSPS) is 10.4. The largest absolute Gasteiger partial charge is 0.462 e. The number of benzene rings is 1. The Labute approximate surface area is 166 Å². The van der Waals surface area contributed by atoms with Gasteiger partial charge in [0, 0.05) is 5.69 Å². The van der Waals surface area contributed by atoms with E-state index >= 15 is 0 Å². The van der Waals surface area contributed by atoms with Crippen LogP contribution in [-0.4, -0.2) is 30.3 Å². The van der Waals surface area contributed by atoms with E-state index in [-0.39, 0.29) is 27.9 Å². The van der Waals surface area contributed by atoms with E-state index in [1.165, 1.54) is 0 Å². The summed E-state index contributed by atoms with van der Waals surface area (Å²) in [6.07, 6.45) is 0. The number of hydrogen-bond donors (Lipinski definition) is 2. The number of amides is 2. The van der Waals surface area contributed by atoms with Crippen LogP contribution in [0.25, 0.3) is 0 Å². The van der Waals surface area contributed by atoms with Gasteiger partial charge < -0.3 is 15.4 Å². The number of aryl methyl sites for hydroxylation is 2. The highest BCUT2D eigenvalue weighted by atomic mass is 35.5. The van der Waals surface area contributed by atoms with Crippen LogP contribution in [0.1, 0.15) is 43.6 Å². The van der Waals surface area contributed by atoms with E-state index in [9.17, 15) is 14.4 Å². The molecule has 2 amide bonds. The summed E-state index contributed by atoms with van der Waals surface area (Å²) in [7, 11) is 0. The monoisotopic (exact) mass is 408 g/mol. The summed E-state index contributed by atoms with van der Waals surface area (Å²) < 4.78 is 5.04. The Morgan fingerprint density at radius 2 is 1.81 bits per heavy atom. The van der Waals surface area contributed by atoms with Gasteiger partial charge in [-0.15, -0.1) is 22.9 Å². The lowest BCUT2D eigenvalue weighted by Crippen LogP contribution is -2.18. The minimum atomic E-state index is -0.536. The minimum Gasteiger partial charge on any atom is -0.462 e. The molecule has 0 saturated carbocycles. The summed E-state index contributed by atoms with van der Waals surface area (Å²) in [5.74, 6) is -1.68. The molecule has 144 valence electrons. The van der Waals surface area contributed by atoms with Crippen LogP contribution >= 0.6 is 22.9 Å². The molecule has 0 saturated heterocycles. The van der Waals surface area contributed by atoms with Gasteiger partial charge in [0.25, 0.3) is 5.91 Å². The zero-order valence-electron chi connectivity index (χ0n) is 15.6. The van der Waals surface area contributed by atoms with Gasteiger partial charge >= 0.3 is 5.97 Å². The van der Waals surface area contributed by atoms with Gasteiger partial charge in [0.05, 0.1) is 12.2 Å². The van der Waals surface area contributed by atoms with E-state index in [1.807, 2.05) is 26.0 Å². The lowest BCUT2D eigenvalue weighted by Gasteiger charge is -2.10. The summed E-state index contributed by atoms with van der Waals surface area (Å²) in [5, 5.41) is 5.67. The van der Waals surface area contributed by atoms with Crippen molar-refractivity contribution in [2.24, 2.45) is 0 Å². The second-order valence-corrected chi connectivity index (χ2v) is 7.20. The van der Waals surface area contributed by atoms with Crippen LogP contribution in [0.4, 0.5) is 10.7 Å². The third-order valence-electron chi connectivity index (χ3n) is 3.97. The van der Waals surface area contributed by atoms with E-state index in [2.05, 4.69) is 10.6 Å². The van der Waals surface area contributed by atoms with Crippen LogP contribution in [-0.2, 0) is 9.53 Å². The summed E-state index contributed by atoms with van der Waals surface area (Å²) in [6.45, 7) is 7.49. The van der Waals surface area contributed by atoms with Crippen molar-refractivity contribution in [1.29, 1.82) is 0 Å². The Morgan fingerprint density at radius 3 is 2.41 bits per heavy atom. The van der Waals surface area contributed by atoms with Crippen molar-refractivity contribution in [2.45, 2.75) is 27.7 Å². The van der Waals surface area contributed by atoms with Gasteiger partial charge in [-0.1, -0.05) is 6.07 Å². The van der Waals surface area contributed by atoms with Gasteiger partial charge in [0.1, 0.15) is 15.8 Å². The quantitative estimate of drug-likeness (QED) is 0.551. The molecule has 1 heterocycles. The molecule has 1 aromatic carbocycles. The molecule has 0 aliphatic heterocycles. The van der Waals surface area contributed by atoms with Crippen molar-refractivity contribution in [3.05, 3.63) is 45.3 Å². The molecule has 0 fully saturated rings. The van der Waals surface area contributed by atoms with E-state index in [0.29, 0.717) is 11.3 Å². The zero-order chi connectivity index (χ0) is 20.1. The highest BCUT2D eigenvalue weighted by molar-refractivity contribution is 7.18. The van der Waals surface area contributed by atoms with Gasteiger partial charge in [-0.3, -0.25) is 9.59 Å². The van der Waals surface area contributed by atoms with Gasteiger partial charge in [-0.25, -0.2) is 4.79 Å². The predicted octanol–water partition coefficient (Wildman–Crippen LogP) is 4.28. The van der Waals surface area contributed by atoms with Crippen molar-refractivity contribution < 1.29 is 19.1 Å². The van der Waals surface area contributed by atoms with Crippen LogP contribution in [0.3, 0.4) is 0 Å². The number of thiophene rings is 1. The first kappa shape index (κ1) is 20.9. The SMILES string of the molecule is CCOC(=O)c1sc(NC(=O)CCl)c(C(=O)Nc2ccc(C)c(C)c2)c1C. The average molecular weight is 409 g/mol. The zero-order valence-corrected chi connectivity index (χ0v) is 17.1. The van der Waals surface area contributed by atoms with Crippen LogP contribution < -0.4 is 10.6 Å². The Morgan fingerprint density at radius 1 is 1.11 bits per heavy atom. The fourth-order valence-electron chi connectivity index (χ4n) is 2.44. The van der Waals surface area contributed by atoms with Crippen LogP contribution in [0.2, 0.25) is 0 Å². The summed E-state index contributed by atoms with van der Waals surface area (Å²) in [4.78, 5) is 37.0. The highest BCUT2D eigenvalue weighted by Gasteiger charge is 2.26. The molecule has 6 nitrogen and oxygen atoms in total. The molecular formula is C19H21ClN2O4S. The van der Waals surface area contributed by atoms with E-state index in [4.69, 9.17) is 16.3 Å². The molecule has 2 rings (SSSR count). The first-order valence-corrected chi connectivity index (χ1v) is 9.68. The fourth-order valence-corrected chi connectivity index (χ4v) is 3.62. The first-order chi connectivity index (χ1) is 12.8. The predicted molar refractivity (Wildman–Crippen MR) is 108 cm³/mol. The Kier molecular flexibility index (Phi) is 6.98. The standard InChI is InChI=1S/C19H21ClN2O4S/c1-5-26-19(25)16-12(4)15(18(27-16)22-14(23)9-20)17(24)21-13-7-6-10(2)11(3)8-13/h6-8H,5,9H2,1-4H3,(H,21,24)(H,22,23). The van der Waals surface area contributed by atoms with Crippen molar-refractivity contribution >= 4 is 51.4 Å². The molecule has 0 spiro atoms. The molecule has 0 atom stereocenters. The number of ether oxygens (including phenoxy) is 1. The molecule has 0 bridgehead atoms. The van der Waals surface area contributed by atoms with Gasteiger partial charge in [-0.2, -0.15) is 0 Å². The number of alkyl halides is 1. The summed E-state index contributed by atoms with van der Waals surface area (Å²) >= 11 is 6.55. The van der Waals surface area contributed by atoms with E-state index in [0.717, 1.165) is 22.5 Å². The van der Waals surface area contributed by atoms with Crippen molar-refractivity contribution in [3.8, 4) is 0 Å². The Bertz CT molecular complexity index is 892. The molecule has 1 aromatic heterocycles. The number of carbonyl (C=O) groups is 3. The van der Waals surface area contributed by atoms with Crippen molar-refractivity contribution in [3.63, 3.8) is 0 Å². The van der Waals surface area contributed by atoms with Crippen molar-refractivity contribution in [1.82, 2.24) is 0 Å². The third-order valence-corrected chi connectivity index (χ3v) is 5.40. The molecular weight excluding hydrogens is 388 g/mol. The maximum atomic E-state index is 12.9. The summed E-state index contributed by atoms with van der Waals surface area (Å²) in [5.41, 5.74) is 3.45. The van der Waals surface area contributed by atoms with E-state index < -0.39 is 17.8 Å². The van der Waals surface area contributed by atoms with E-state index in [1.54, 1.807) is 19.9 Å². The van der Waals surface area contributed by atoms with Crippen molar-refractivity contribution in [2.75, 3.05) is 23.1 Å². The molecule has 0 aliphatic carbocycles. The maximum Gasteiger partial charge on any atom is 0.348 e. The summed E-state index contributed by atoms with van der Waals surface area (Å²) in [6, 6.07) is 5.56. The van der Waals surface area contributed by atoms with Crippen LogP contribution in [0.5, 0.6) is 0 Å². The molecule has 2 N–H and O–H groups in total. The lowest BCUT2D eigenvalue weighted by atomic mass is 10.1. The minimum absolute atomic E-state index is 0.212. The average Bonchev–Trinajstić information content (AvgIpc) is 2.94. The second-order valence-electron chi connectivity index (χ2n) is 5.92. The number of anilines is 2. The Balaban J connectivity index is 2.41. The number of nitrogens with one attached hydrogen (secondary N) is 2. The number of carbonyl (C=O) groups excluding carboxylic acids is 3. The fraction of sp³-hybridized carbons (Fsp3) is 0.316. The Hall–Kier alpha value is -2.38. The molecule has 2 aromatic rings. The molecule has 0 unspecified atom stereocenters. The number of esters is 1. The second kappa shape index (κ2) is 9.01. The molecule has 27 heavy (non-hydrogen) atoms. The van der Waals surface area contributed by atoms with Crippen LogP contribution in [0.15, 0.2) is 18.2 Å². The van der Waals surface area contributed by atoms with Crippen LogP contribution in [0, 0.1) is 20.8 Å². The van der Waals surface area contributed by atoms with Gasteiger partial charge in [-0.05, 0) is 56.5 Å². The topological polar surface area (TPSA) is 84.5 Å². The molecule has 0 radical (unpaired) electrons. The smallest absolute Gasteiger partial charge is 0.348 e. The maximum absolute atomic E-state index is 12.9. The number of halogens is 1. The lowest BCUT2D eigenvalue weighted by molar-refractivity contribution is -0.113. The van der Waals surface area contributed by atoms with Gasteiger partial charge in [0.2, 0.25) is 5.91 Å². The number of rotatable bonds is 6.